The number of aryl methyl sites for hydroxylation is 3. The third-order valence-electron chi connectivity index (χ3n) is 8.88. The van der Waals surface area contributed by atoms with Crippen molar-refractivity contribution in [1.82, 2.24) is 9.97 Å². The number of benzene rings is 1. The van der Waals surface area contributed by atoms with E-state index in [1.807, 2.05) is 0 Å². The van der Waals surface area contributed by atoms with Crippen molar-refractivity contribution in [2.24, 2.45) is 11.8 Å². The zero-order chi connectivity index (χ0) is 22.9. The van der Waals surface area contributed by atoms with Gasteiger partial charge < -0.3 is 20.2 Å². The molecule has 7 nitrogen and oxygen atoms in total. The van der Waals surface area contributed by atoms with Crippen LogP contribution in [-0.2, 0) is 30.1 Å². The summed E-state index contributed by atoms with van der Waals surface area (Å²) in [5.74, 6) is 3.38. The minimum atomic E-state index is -1.07. The lowest BCUT2D eigenvalue weighted by atomic mass is 9.77. The molecule has 2 N–H and O–H groups in total. The molecule has 1 saturated carbocycles. The van der Waals surface area contributed by atoms with E-state index in [1.54, 1.807) is 0 Å². The Bertz CT molecular complexity index is 1150. The van der Waals surface area contributed by atoms with E-state index in [9.17, 15) is 9.32 Å². The van der Waals surface area contributed by atoms with Crippen LogP contribution in [0.4, 0.5) is 17.5 Å². The van der Waals surface area contributed by atoms with Crippen molar-refractivity contribution in [3.63, 3.8) is 0 Å². The normalized spacial score (nSPS) is 28.6. The van der Waals surface area contributed by atoms with Gasteiger partial charge in [0.2, 0.25) is 5.95 Å². The quantitative estimate of drug-likeness (QED) is 0.682. The summed E-state index contributed by atoms with van der Waals surface area (Å²) < 4.78 is 12.9. The number of hydrogen-bond donors (Lipinski definition) is 2. The third-order valence-corrected chi connectivity index (χ3v) is 10.4. The highest BCUT2D eigenvalue weighted by atomic mass is 32.2. The number of aliphatic hydroxyl groups excluding tert-OH is 1. The van der Waals surface area contributed by atoms with Gasteiger partial charge in [0, 0.05) is 49.5 Å². The fraction of sp³-hybridized carbons (Fsp3) is 0.615. The molecule has 3 fully saturated rings. The fourth-order valence-corrected chi connectivity index (χ4v) is 7.85. The van der Waals surface area contributed by atoms with Crippen molar-refractivity contribution in [3.8, 4) is 0 Å². The third kappa shape index (κ3) is 3.36. The van der Waals surface area contributed by atoms with Gasteiger partial charge in [-0.3, -0.25) is 4.21 Å². The number of nitrogens with one attached hydrogen (secondary N) is 1. The molecular weight excluding hydrogens is 446 g/mol. The molecule has 1 aromatic carbocycles. The van der Waals surface area contributed by atoms with Crippen molar-refractivity contribution >= 4 is 28.3 Å². The SMILES string of the molecule is O=S1CCCc2nc(N3CC4CN(c5ccc6c(c5)CC6)CC4C3)nc(NC3(CO)CCC3)c21. The summed E-state index contributed by atoms with van der Waals surface area (Å²) >= 11 is 0. The van der Waals surface area contributed by atoms with Crippen LogP contribution >= 0.6 is 0 Å². The van der Waals surface area contributed by atoms with E-state index in [2.05, 4.69) is 33.3 Å². The molecule has 0 radical (unpaired) electrons. The number of anilines is 3. The van der Waals surface area contributed by atoms with Gasteiger partial charge in [-0.15, -0.1) is 0 Å². The van der Waals surface area contributed by atoms with Gasteiger partial charge in [0.05, 0.1) is 28.6 Å². The second-order valence-electron chi connectivity index (χ2n) is 11.0. The van der Waals surface area contributed by atoms with E-state index in [4.69, 9.17) is 9.97 Å². The molecule has 0 amide bonds. The molecule has 7 rings (SSSR count). The standard InChI is InChI=1S/C26H33N5O2S/c32-16-26(8-2-9-26)29-24-23-22(3-1-10-34(23)33)27-25(28-24)31-14-19-12-30(13-20(19)15-31)21-7-6-17-4-5-18(17)11-21/h6-7,11,19-20,32H,1-5,8-10,12-16H2,(H,27,28,29). The first-order valence-corrected chi connectivity index (χ1v) is 14.2. The van der Waals surface area contributed by atoms with Crippen molar-refractivity contribution in [2.75, 3.05) is 53.7 Å². The van der Waals surface area contributed by atoms with Crippen LogP contribution in [0, 0.1) is 11.8 Å². The number of nitrogens with zero attached hydrogens (tertiary/aromatic N) is 4. The van der Waals surface area contributed by atoms with Crippen LogP contribution in [0.15, 0.2) is 23.1 Å². The van der Waals surface area contributed by atoms with Gasteiger partial charge in [0.15, 0.2) is 0 Å². The topological polar surface area (TPSA) is 81.6 Å². The molecule has 2 aromatic rings. The summed E-state index contributed by atoms with van der Waals surface area (Å²) in [6.07, 6.45) is 7.18. The molecule has 3 aliphatic heterocycles. The second kappa shape index (κ2) is 7.92. The maximum atomic E-state index is 12.9. The zero-order valence-electron chi connectivity index (χ0n) is 19.6. The molecule has 8 heteroatoms. The van der Waals surface area contributed by atoms with Crippen LogP contribution in [0.25, 0.3) is 0 Å². The Hall–Kier alpha value is -2.19. The minimum absolute atomic E-state index is 0.0835. The first-order chi connectivity index (χ1) is 16.6. The highest BCUT2D eigenvalue weighted by molar-refractivity contribution is 7.85. The monoisotopic (exact) mass is 479 g/mol. The molecule has 2 saturated heterocycles. The summed E-state index contributed by atoms with van der Waals surface area (Å²) in [4.78, 5) is 15.6. The van der Waals surface area contributed by atoms with Gasteiger partial charge in [0.25, 0.3) is 0 Å². The van der Waals surface area contributed by atoms with Gasteiger partial charge in [-0.1, -0.05) is 6.07 Å². The molecule has 2 aliphatic carbocycles. The van der Waals surface area contributed by atoms with E-state index in [0.29, 0.717) is 23.4 Å². The summed E-state index contributed by atoms with van der Waals surface area (Å²) in [5.41, 5.74) is 5.05. The highest BCUT2D eigenvalue weighted by Crippen LogP contribution is 2.40. The molecule has 0 spiro atoms. The summed E-state index contributed by atoms with van der Waals surface area (Å²) in [6, 6.07) is 7.02. The lowest BCUT2D eigenvalue weighted by Gasteiger charge is -2.42. The predicted molar refractivity (Wildman–Crippen MR) is 134 cm³/mol. The Morgan fingerprint density at radius 2 is 1.76 bits per heavy atom. The van der Waals surface area contributed by atoms with E-state index >= 15 is 0 Å². The largest absolute Gasteiger partial charge is 0.394 e. The maximum absolute atomic E-state index is 12.9. The summed E-state index contributed by atoms with van der Waals surface area (Å²) in [5, 5.41) is 13.5. The van der Waals surface area contributed by atoms with Gasteiger partial charge in [-0.2, -0.15) is 4.98 Å². The van der Waals surface area contributed by atoms with Crippen LogP contribution in [0.5, 0.6) is 0 Å². The average molecular weight is 480 g/mol. The molecular formula is C26H33N5O2S. The van der Waals surface area contributed by atoms with Crippen LogP contribution < -0.4 is 15.1 Å². The first kappa shape index (κ1) is 21.1. The summed E-state index contributed by atoms with van der Waals surface area (Å²) in [7, 11) is -1.07. The average Bonchev–Trinajstić information content (AvgIpc) is 3.36. The second-order valence-corrected chi connectivity index (χ2v) is 12.5. The smallest absolute Gasteiger partial charge is 0.227 e. The number of aliphatic hydroxyl groups is 1. The Balaban J connectivity index is 1.13. The van der Waals surface area contributed by atoms with Crippen LogP contribution in [0.1, 0.15) is 42.5 Å². The maximum Gasteiger partial charge on any atom is 0.227 e. The number of rotatable bonds is 5. The number of fused-ring (bicyclic) bond motifs is 3. The van der Waals surface area contributed by atoms with Crippen LogP contribution in [-0.4, -0.2) is 63.4 Å². The van der Waals surface area contributed by atoms with Crippen molar-refractivity contribution in [3.05, 3.63) is 35.0 Å². The van der Waals surface area contributed by atoms with E-state index in [0.717, 1.165) is 74.8 Å². The highest BCUT2D eigenvalue weighted by Gasteiger charge is 2.42. The Kier molecular flexibility index (Phi) is 4.92. The van der Waals surface area contributed by atoms with E-state index in [1.165, 1.54) is 29.7 Å². The zero-order valence-corrected chi connectivity index (χ0v) is 20.4. The van der Waals surface area contributed by atoms with E-state index < -0.39 is 10.8 Å². The first-order valence-electron chi connectivity index (χ1n) is 12.9. The molecule has 34 heavy (non-hydrogen) atoms. The molecule has 5 aliphatic rings. The fourth-order valence-electron chi connectivity index (χ4n) is 6.51. The van der Waals surface area contributed by atoms with Gasteiger partial charge in [-0.25, -0.2) is 4.98 Å². The van der Waals surface area contributed by atoms with E-state index in [-0.39, 0.29) is 12.1 Å². The van der Waals surface area contributed by atoms with Crippen molar-refractivity contribution < 1.29 is 9.32 Å². The molecule has 180 valence electrons. The molecule has 3 unspecified atom stereocenters. The molecule has 3 atom stereocenters. The number of aromatic nitrogens is 2. The minimum Gasteiger partial charge on any atom is -0.394 e. The van der Waals surface area contributed by atoms with Crippen LogP contribution in [0.3, 0.4) is 0 Å². The van der Waals surface area contributed by atoms with Crippen molar-refractivity contribution in [1.29, 1.82) is 0 Å². The lowest BCUT2D eigenvalue weighted by molar-refractivity contribution is 0.143. The van der Waals surface area contributed by atoms with Gasteiger partial charge in [0.1, 0.15) is 10.7 Å². The molecule has 0 bridgehead atoms. The number of hydrogen-bond acceptors (Lipinski definition) is 7. The predicted octanol–water partition coefficient (Wildman–Crippen LogP) is 2.53. The Morgan fingerprint density at radius 3 is 2.41 bits per heavy atom. The Labute approximate surface area is 203 Å². The lowest BCUT2D eigenvalue weighted by Crippen LogP contribution is -2.49. The molecule has 4 heterocycles. The molecule has 1 aromatic heterocycles. The summed E-state index contributed by atoms with van der Waals surface area (Å²) in [6.45, 7) is 4.21. The van der Waals surface area contributed by atoms with Gasteiger partial charge >= 0.3 is 0 Å². The van der Waals surface area contributed by atoms with Crippen molar-refractivity contribution in [2.45, 2.75) is 55.4 Å². The Morgan fingerprint density at radius 1 is 1.00 bits per heavy atom. The van der Waals surface area contributed by atoms with Gasteiger partial charge in [-0.05, 0) is 68.2 Å². The van der Waals surface area contributed by atoms with Crippen LogP contribution in [0.2, 0.25) is 0 Å².